The molecule has 5 heteroatoms. The molecule has 23 heavy (non-hydrogen) atoms. The lowest BCUT2D eigenvalue weighted by Gasteiger charge is -2.20. The Balaban J connectivity index is 0.000000585. The van der Waals surface area contributed by atoms with Crippen LogP contribution >= 0.6 is 0 Å². The average molecular weight is 328 g/mol. The largest absolute Gasteiger partial charge is 0.392 e. The number of hydrogen-bond acceptors (Lipinski definition) is 4. The first kappa shape index (κ1) is 22.1. The lowest BCUT2D eigenvalue weighted by molar-refractivity contribution is -0.132. The number of rotatable bonds is 9. The number of unbranched alkanes of at least 4 members (excludes halogenated alkanes) is 2. The smallest absolute Gasteiger partial charge is 0.239 e. The molecule has 1 fully saturated rings. The van der Waals surface area contributed by atoms with Crippen molar-refractivity contribution in [3.63, 3.8) is 0 Å². The fourth-order valence-corrected chi connectivity index (χ4v) is 2.59. The Morgan fingerprint density at radius 3 is 2.26 bits per heavy atom. The molecule has 136 valence electrons. The predicted octanol–water partition coefficient (Wildman–Crippen LogP) is 1.87. The molecule has 0 aliphatic carbocycles. The van der Waals surface area contributed by atoms with Crippen LogP contribution < -0.4 is 5.32 Å². The lowest BCUT2D eigenvalue weighted by Crippen LogP contribution is -2.41. The summed E-state index contributed by atoms with van der Waals surface area (Å²) >= 11 is 0. The fourth-order valence-electron chi connectivity index (χ4n) is 2.59. The van der Waals surface area contributed by atoms with Crippen molar-refractivity contribution in [1.82, 2.24) is 15.1 Å². The van der Waals surface area contributed by atoms with Crippen molar-refractivity contribution < 1.29 is 9.90 Å². The number of aliphatic hydroxyl groups excluding tert-OH is 1. The van der Waals surface area contributed by atoms with E-state index in [1.165, 1.54) is 19.6 Å². The zero-order valence-electron chi connectivity index (χ0n) is 15.6. The van der Waals surface area contributed by atoms with E-state index in [0.29, 0.717) is 13.0 Å². The highest BCUT2D eigenvalue weighted by Gasteiger charge is 2.29. The molecule has 0 saturated carbocycles. The first-order chi connectivity index (χ1) is 11.0. The summed E-state index contributed by atoms with van der Waals surface area (Å²) in [5.74, 6) is 0.0927. The highest BCUT2D eigenvalue weighted by molar-refractivity contribution is 5.82. The Kier molecular flexibility index (Phi) is 13.0. The van der Waals surface area contributed by atoms with Crippen molar-refractivity contribution in [2.24, 2.45) is 0 Å². The summed E-state index contributed by atoms with van der Waals surface area (Å²) in [6.45, 7) is 15.1. The Bertz CT molecular complexity index is 314. The van der Waals surface area contributed by atoms with Crippen molar-refractivity contribution in [2.45, 2.75) is 58.6 Å². The van der Waals surface area contributed by atoms with Gasteiger partial charge in [0.15, 0.2) is 0 Å². The second-order valence-corrected chi connectivity index (χ2v) is 6.01. The predicted molar refractivity (Wildman–Crippen MR) is 97.6 cm³/mol. The second kappa shape index (κ2) is 13.5. The van der Waals surface area contributed by atoms with Gasteiger partial charge in [-0.2, -0.15) is 0 Å². The third-order valence-electron chi connectivity index (χ3n) is 4.28. The van der Waals surface area contributed by atoms with Crippen LogP contribution in [0.5, 0.6) is 0 Å². The highest BCUT2D eigenvalue weighted by atomic mass is 16.3. The molecule has 0 unspecified atom stereocenters. The highest BCUT2D eigenvalue weighted by Crippen LogP contribution is 2.09. The summed E-state index contributed by atoms with van der Waals surface area (Å²) in [5.41, 5.74) is 0. The van der Waals surface area contributed by atoms with Crippen molar-refractivity contribution in [3.05, 3.63) is 12.7 Å². The molecule has 0 bridgehead atoms. The number of likely N-dealkylation sites (N-methyl/N-ethyl adjacent to an activating group) is 1. The van der Waals surface area contributed by atoms with E-state index >= 15 is 0 Å². The summed E-state index contributed by atoms with van der Waals surface area (Å²) in [5, 5.41) is 12.4. The number of carbonyl (C=O) groups is 1. The topological polar surface area (TPSA) is 55.8 Å². The van der Waals surface area contributed by atoms with E-state index in [-0.39, 0.29) is 18.1 Å². The van der Waals surface area contributed by atoms with Gasteiger partial charge in [0.25, 0.3) is 0 Å². The number of β-amino-alcohol motifs (C(OH)–C–C–N with tert-alkyl or cyclic N) is 1. The summed E-state index contributed by atoms with van der Waals surface area (Å²) in [7, 11) is 1.82. The van der Waals surface area contributed by atoms with Crippen LogP contribution in [0.2, 0.25) is 0 Å². The Morgan fingerprint density at radius 2 is 1.87 bits per heavy atom. The molecule has 0 aromatic heterocycles. The van der Waals surface area contributed by atoms with Gasteiger partial charge in [-0.25, -0.2) is 0 Å². The molecular formula is C18H37N3O2. The van der Waals surface area contributed by atoms with E-state index in [2.05, 4.69) is 37.6 Å². The third-order valence-corrected chi connectivity index (χ3v) is 4.28. The molecule has 0 radical (unpaired) electrons. The summed E-state index contributed by atoms with van der Waals surface area (Å²) in [6, 6.07) is -0.195. The van der Waals surface area contributed by atoms with Crippen LogP contribution in [0.15, 0.2) is 12.7 Å². The zero-order valence-corrected chi connectivity index (χ0v) is 15.6. The van der Waals surface area contributed by atoms with Crippen LogP contribution in [0.3, 0.4) is 0 Å². The van der Waals surface area contributed by atoms with Crippen molar-refractivity contribution in [3.8, 4) is 0 Å². The van der Waals surface area contributed by atoms with Crippen LogP contribution in [-0.4, -0.2) is 72.7 Å². The minimum atomic E-state index is -0.372. The van der Waals surface area contributed by atoms with Crippen molar-refractivity contribution in [1.29, 1.82) is 0 Å². The second-order valence-electron chi connectivity index (χ2n) is 6.01. The summed E-state index contributed by atoms with van der Waals surface area (Å²) in [6.07, 6.45) is 5.14. The van der Waals surface area contributed by atoms with Crippen LogP contribution in [-0.2, 0) is 4.79 Å². The maximum Gasteiger partial charge on any atom is 0.239 e. The molecule has 0 aromatic carbocycles. The maximum atomic E-state index is 11.9. The van der Waals surface area contributed by atoms with Gasteiger partial charge in [0.1, 0.15) is 0 Å². The fraction of sp³-hybridized carbons (Fsp3) is 0.833. The van der Waals surface area contributed by atoms with E-state index in [4.69, 9.17) is 0 Å². The Morgan fingerprint density at radius 1 is 1.26 bits per heavy atom. The molecular weight excluding hydrogens is 290 g/mol. The van der Waals surface area contributed by atoms with Gasteiger partial charge in [-0.15, -0.1) is 6.58 Å². The lowest BCUT2D eigenvalue weighted by atomic mass is 10.1. The number of allylic oxidation sites excluding steroid dienone is 1. The monoisotopic (exact) mass is 327 g/mol. The molecule has 0 spiro atoms. The van der Waals surface area contributed by atoms with E-state index < -0.39 is 0 Å². The number of carbonyl (C=O) groups excluding carboxylic acids is 1. The first-order valence-electron chi connectivity index (χ1n) is 8.99. The molecule has 1 aliphatic heterocycles. The molecule has 1 heterocycles. The quantitative estimate of drug-likeness (QED) is 0.501. The standard InChI is InChI=1S/C12H22N2O2.C6H15N/c1-3-4-5-6-7-14(2)12(16)11-8-10(15)9-13-11;1-4-7(5-2)6-3/h3,10-11,13,15H,1,4-9H2,2H3;4-6H2,1-3H3/t10-,11+;/m1./s1. The first-order valence-corrected chi connectivity index (χ1v) is 8.99. The number of aliphatic hydroxyl groups is 1. The van der Waals surface area contributed by atoms with Gasteiger partial charge < -0.3 is 20.2 Å². The van der Waals surface area contributed by atoms with Gasteiger partial charge in [0, 0.05) is 20.1 Å². The summed E-state index contributed by atoms with van der Waals surface area (Å²) in [4.78, 5) is 16.0. The van der Waals surface area contributed by atoms with Crippen LogP contribution in [0, 0.1) is 0 Å². The number of hydrogen-bond donors (Lipinski definition) is 2. The van der Waals surface area contributed by atoms with Crippen LogP contribution in [0.25, 0.3) is 0 Å². The molecule has 2 N–H and O–H groups in total. The number of nitrogens with zero attached hydrogens (tertiary/aromatic N) is 2. The normalized spacial score (nSPS) is 20.1. The molecule has 1 saturated heterocycles. The molecule has 5 nitrogen and oxygen atoms in total. The van der Waals surface area contributed by atoms with Gasteiger partial charge in [-0.3, -0.25) is 4.79 Å². The Hall–Kier alpha value is -0.910. The average Bonchev–Trinajstić information content (AvgIpc) is 2.99. The zero-order chi connectivity index (χ0) is 17.7. The SMILES string of the molecule is C=CCCCCN(C)C(=O)[C@@H]1C[C@@H](O)CN1.CCN(CC)CC. The van der Waals surface area contributed by atoms with Gasteiger partial charge >= 0.3 is 0 Å². The molecule has 0 aromatic rings. The van der Waals surface area contributed by atoms with Crippen molar-refractivity contribution >= 4 is 5.91 Å². The minimum absolute atomic E-state index is 0.0927. The molecule has 1 aliphatic rings. The van der Waals surface area contributed by atoms with Crippen LogP contribution in [0.1, 0.15) is 46.5 Å². The van der Waals surface area contributed by atoms with E-state index in [0.717, 1.165) is 25.8 Å². The number of nitrogens with one attached hydrogen (secondary N) is 1. The summed E-state index contributed by atoms with van der Waals surface area (Å²) < 4.78 is 0. The minimum Gasteiger partial charge on any atom is -0.392 e. The van der Waals surface area contributed by atoms with Gasteiger partial charge in [0.05, 0.1) is 12.1 Å². The van der Waals surface area contributed by atoms with E-state index in [1.54, 1.807) is 4.90 Å². The molecule has 2 atom stereocenters. The molecule has 1 rings (SSSR count). The van der Waals surface area contributed by atoms with Gasteiger partial charge in [-0.1, -0.05) is 26.8 Å². The maximum absolute atomic E-state index is 11.9. The van der Waals surface area contributed by atoms with E-state index in [1.807, 2.05) is 13.1 Å². The van der Waals surface area contributed by atoms with Gasteiger partial charge in [0.2, 0.25) is 5.91 Å². The van der Waals surface area contributed by atoms with Crippen molar-refractivity contribution in [2.75, 3.05) is 39.8 Å². The third kappa shape index (κ3) is 9.74. The Labute approximate surface area is 142 Å². The van der Waals surface area contributed by atoms with E-state index in [9.17, 15) is 9.90 Å². The van der Waals surface area contributed by atoms with Gasteiger partial charge in [-0.05, 0) is 45.3 Å². The van der Waals surface area contributed by atoms with Crippen LogP contribution in [0.4, 0.5) is 0 Å². The molecule has 1 amide bonds. The number of amides is 1.